The average Bonchev–Trinajstić information content (AvgIpc) is 3.00. The normalized spacial score (nSPS) is 13.7. The zero-order valence-corrected chi connectivity index (χ0v) is 23.8. The number of nitrogens with zero attached hydrogens (tertiary/aromatic N) is 8. The zero-order chi connectivity index (χ0) is 29.3. The van der Waals surface area contributed by atoms with Crippen LogP contribution in [-0.4, -0.2) is 44.2 Å². The molecule has 1 aliphatic heterocycles. The summed E-state index contributed by atoms with van der Waals surface area (Å²) in [7, 11) is 0. The van der Waals surface area contributed by atoms with Gasteiger partial charge in [-0.25, -0.2) is 20.0 Å². The number of fused-ring (bicyclic) bond motifs is 2. The summed E-state index contributed by atoms with van der Waals surface area (Å²) in [5.74, 6) is 0. The van der Waals surface area contributed by atoms with Crippen molar-refractivity contribution < 1.29 is 0 Å². The molecule has 2 aromatic carbocycles. The molecule has 0 unspecified atom stereocenters. The minimum absolute atomic E-state index is 0.588. The molecule has 1 aliphatic rings. The maximum atomic E-state index is 4.95. The van der Waals surface area contributed by atoms with Crippen molar-refractivity contribution in [2.75, 3.05) is 10.9 Å². The topological polar surface area (TPSA) is 124 Å². The highest BCUT2D eigenvalue weighted by atomic mass is 15.3. The standard InChI is InChI=1S/C32H30N10/c1-21-31(41-39-25-11-9-17-33-19-25)22(2)36-29-15-7-8-16-30(29)38-24(4)32(42-40-26-12-10-18-34-20-26)23(3)37-28-14-6-5-13-27(28)35-21/h5-20,39-40H,1-4H3. The molecule has 0 atom stereocenters. The molecule has 10 heteroatoms. The number of anilines is 2. The number of pyridine rings is 2. The van der Waals surface area contributed by atoms with E-state index in [0.29, 0.717) is 57.0 Å². The van der Waals surface area contributed by atoms with Crippen molar-refractivity contribution >= 4 is 68.4 Å². The van der Waals surface area contributed by atoms with Gasteiger partial charge in [-0.15, -0.1) is 0 Å². The highest BCUT2D eigenvalue weighted by Gasteiger charge is 2.15. The van der Waals surface area contributed by atoms with Gasteiger partial charge in [0.05, 0.1) is 69.4 Å². The number of hydrogen-bond acceptors (Lipinski definition) is 10. The van der Waals surface area contributed by atoms with Crippen molar-refractivity contribution in [2.45, 2.75) is 27.7 Å². The van der Waals surface area contributed by atoms with E-state index in [-0.39, 0.29) is 0 Å². The van der Waals surface area contributed by atoms with Crippen LogP contribution < -0.4 is 10.9 Å². The highest BCUT2D eigenvalue weighted by Crippen LogP contribution is 2.30. The van der Waals surface area contributed by atoms with Crippen LogP contribution in [0.5, 0.6) is 0 Å². The Morgan fingerprint density at radius 2 is 0.786 bits per heavy atom. The summed E-state index contributed by atoms with van der Waals surface area (Å²) < 4.78 is 0. The molecule has 0 radical (unpaired) electrons. The SMILES string of the molecule is CC1=Nc2ccccc2N=C(C)C(=NNc2cccnc2)C(C)=Nc2ccccc2N=C(C)C1=NNc1cccnc1. The van der Waals surface area contributed by atoms with Crippen LogP contribution in [0.25, 0.3) is 0 Å². The smallest absolute Gasteiger partial charge is 0.126 e. The van der Waals surface area contributed by atoms with Gasteiger partial charge in [0.25, 0.3) is 0 Å². The first kappa shape index (κ1) is 27.9. The molecule has 0 bridgehead atoms. The molecular weight excluding hydrogens is 524 g/mol. The van der Waals surface area contributed by atoms with Crippen LogP contribution in [0.1, 0.15) is 27.7 Å². The van der Waals surface area contributed by atoms with Crippen molar-refractivity contribution in [1.82, 2.24) is 9.97 Å². The molecule has 0 amide bonds. The second-order valence-electron chi connectivity index (χ2n) is 9.39. The van der Waals surface area contributed by atoms with Crippen molar-refractivity contribution in [1.29, 1.82) is 0 Å². The van der Waals surface area contributed by atoms with E-state index in [9.17, 15) is 0 Å². The predicted octanol–water partition coefficient (Wildman–Crippen LogP) is 7.50. The minimum atomic E-state index is 0.588. The number of aliphatic imine (C=N–C) groups is 4. The number of nitrogens with one attached hydrogen (secondary N) is 2. The van der Waals surface area contributed by atoms with Crippen LogP contribution in [0.15, 0.2) is 128 Å². The molecule has 0 saturated heterocycles. The Morgan fingerprint density at radius 3 is 1.07 bits per heavy atom. The summed E-state index contributed by atoms with van der Waals surface area (Å²) >= 11 is 0. The van der Waals surface area contributed by atoms with Gasteiger partial charge in [0.15, 0.2) is 0 Å². The monoisotopic (exact) mass is 554 g/mol. The van der Waals surface area contributed by atoms with Gasteiger partial charge in [-0.3, -0.25) is 20.8 Å². The zero-order valence-electron chi connectivity index (χ0n) is 23.8. The van der Waals surface area contributed by atoms with E-state index in [1.54, 1.807) is 24.8 Å². The van der Waals surface area contributed by atoms with E-state index in [0.717, 1.165) is 11.4 Å². The summed E-state index contributed by atoms with van der Waals surface area (Å²) in [6.07, 6.45) is 6.83. The lowest BCUT2D eigenvalue weighted by Crippen LogP contribution is -2.22. The van der Waals surface area contributed by atoms with Gasteiger partial charge in [0.1, 0.15) is 11.4 Å². The molecule has 0 spiro atoms. The van der Waals surface area contributed by atoms with Gasteiger partial charge in [0, 0.05) is 12.4 Å². The minimum Gasteiger partial charge on any atom is -0.276 e. The van der Waals surface area contributed by atoms with E-state index in [2.05, 4.69) is 31.0 Å². The number of aromatic nitrogens is 2. The summed E-state index contributed by atoms with van der Waals surface area (Å²) in [4.78, 5) is 28.1. The molecule has 0 saturated carbocycles. The first-order valence-electron chi connectivity index (χ1n) is 13.4. The van der Waals surface area contributed by atoms with E-state index in [4.69, 9.17) is 20.0 Å². The average molecular weight is 555 g/mol. The largest absolute Gasteiger partial charge is 0.276 e. The number of hydrazone groups is 2. The summed E-state index contributed by atoms with van der Waals surface area (Å²) in [6.45, 7) is 7.61. The number of para-hydroxylation sites is 4. The second-order valence-corrected chi connectivity index (χ2v) is 9.39. The Morgan fingerprint density at radius 1 is 0.452 bits per heavy atom. The van der Waals surface area contributed by atoms with Crippen molar-refractivity contribution in [2.24, 2.45) is 30.2 Å². The summed E-state index contributed by atoms with van der Waals surface area (Å²) in [5.41, 5.74) is 14.2. The van der Waals surface area contributed by atoms with Gasteiger partial charge in [0.2, 0.25) is 0 Å². The summed E-state index contributed by atoms with van der Waals surface area (Å²) in [5, 5.41) is 9.37. The van der Waals surface area contributed by atoms with Crippen LogP contribution in [0.4, 0.5) is 34.1 Å². The van der Waals surface area contributed by atoms with Gasteiger partial charge in [-0.2, -0.15) is 10.2 Å². The molecule has 5 rings (SSSR count). The van der Waals surface area contributed by atoms with Crippen LogP contribution in [0, 0.1) is 0 Å². The third-order valence-electron chi connectivity index (χ3n) is 6.20. The highest BCUT2D eigenvalue weighted by molar-refractivity contribution is 6.69. The lowest BCUT2D eigenvalue weighted by atomic mass is 10.1. The first-order valence-corrected chi connectivity index (χ1v) is 13.4. The lowest BCUT2D eigenvalue weighted by molar-refractivity contribution is 1.27. The van der Waals surface area contributed by atoms with Gasteiger partial charge in [-0.1, -0.05) is 24.3 Å². The quantitative estimate of drug-likeness (QED) is 0.254. The van der Waals surface area contributed by atoms with Crippen LogP contribution in [-0.2, 0) is 0 Å². The van der Waals surface area contributed by atoms with Crippen molar-refractivity contribution in [3.8, 4) is 0 Å². The molecular formula is C32H30N10. The fourth-order valence-corrected chi connectivity index (χ4v) is 4.19. The first-order chi connectivity index (χ1) is 20.5. The molecule has 2 aromatic heterocycles. The molecule has 208 valence electrons. The molecule has 3 heterocycles. The van der Waals surface area contributed by atoms with E-state index in [1.807, 2.05) is 100 Å². The third-order valence-corrected chi connectivity index (χ3v) is 6.20. The number of hydrogen-bond donors (Lipinski definition) is 2. The maximum Gasteiger partial charge on any atom is 0.126 e. The Balaban J connectivity index is 1.69. The van der Waals surface area contributed by atoms with Crippen molar-refractivity contribution in [3.05, 3.63) is 97.6 Å². The van der Waals surface area contributed by atoms with Crippen LogP contribution >= 0.6 is 0 Å². The van der Waals surface area contributed by atoms with Gasteiger partial charge >= 0.3 is 0 Å². The van der Waals surface area contributed by atoms with Crippen molar-refractivity contribution in [3.63, 3.8) is 0 Å². The number of rotatable bonds is 4. The van der Waals surface area contributed by atoms with E-state index >= 15 is 0 Å². The lowest BCUT2D eigenvalue weighted by Gasteiger charge is -2.12. The number of benzene rings is 2. The van der Waals surface area contributed by atoms with Gasteiger partial charge < -0.3 is 0 Å². The fraction of sp³-hybridized carbons (Fsp3) is 0.125. The molecule has 4 aromatic rings. The molecule has 0 fully saturated rings. The third kappa shape index (κ3) is 6.92. The molecule has 0 aliphatic carbocycles. The molecule has 2 N–H and O–H groups in total. The maximum absolute atomic E-state index is 4.95. The predicted molar refractivity (Wildman–Crippen MR) is 175 cm³/mol. The Bertz CT molecular complexity index is 1540. The Hall–Kier alpha value is -5.64. The van der Waals surface area contributed by atoms with Crippen LogP contribution in [0.3, 0.4) is 0 Å². The van der Waals surface area contributed by atoms with E-state index in [1.165, 1.54) is 0 Å². The fourth-order valence-electron chi connectivity index (χ4n) is 4.19. The second kappa shape index (κ2) is 13.1. The Kier molecular flexibility index (Phi) is 8.73. The van der Waals surface area contributed by atoms with Crippen LogP contribution in [0.2, 0.25) is 0 Å². The molecule has 10 nitrogen and oxygen atoms in total. The van der Waals surface area contributed by atoms with Gasteiger partial charge in [-0.05, 0) is 76.2 Å². The summed E-state index contributed by atoms with van der Waals surface area (Å²) in [6, 6.07) is 22.8. The molecule has 42 heavy (non-hydrogen) atoms. The Labute approximate surface area is 244 Å². The van der Waals surface area contributed by atoms with E-state index < -0.39 is 0 Å².